The second kappa shape index (κ2) is 4.93. The van der Waals surface area contributed by atoms with Crippen molar-refractivity contribution < 1.29 is 13.6 Å². The summed E-state index contributed by atoms with van der Waals surface area (Å²) in [5, 5.41) is 11.2. The third-order valence-corrected chi connectivity index (χ3v) is 3.46. The summed E-state index contributed by atoms with van der Waals surface area (Å²) in [7, 11) is -3.24. The standard InChI is InChI=1S/C10H13NO3S/c1-9(11-12)7-15(13,14)8-10-5-3-2-4-6-10/h2-6,12H,7-8H2,1H3. The van der Waals surface area contributed by atoms with Crippen LogP contribution in [0, 0.1) is 0 Å². The van der Waals surface area contributed by atoms with Crippen LogP contribution in [0.25, 0.3) is 0 Å². The molecule has 0 radical (unpaired) electrons. The normalized spacial score (nSPS) is 12.7. The predicted molar refractivity (Wildman–Crippen MR) is 58.8 cm³/mol. The molecule has 0 bridgehead atoms. The average molecular weight is 227 g/mol. The summed E-state index contributed by atoms with van der Waals surface area (Å²) in [4.78, 5) is 0. The van der Waals surface area contributed by atoms with Crippen LogP contribution in [0.4, 0.5) is 0 Å². The molecule has 15 heavy (non-hydrogen) atoms. The molecule has 0 heterocycles. The van der Waals surface area contributed by atoms with Gasteiger partial charge in [0.15, 0.2) is 9.84 Å². The zero-order valence-corrected chi connectivity index (χ0v) is 9.24. The van der Waals surface area contributed by atoms with Crippen molar-refractivity contribution in [2.45, 2.75) is 12.7 Å². The van der Waals surface area contributed by atoms with E-state index in [9.17, 15) is 8.42 Å². The fourth-order valence-electron chi connectivity index (χ4n) is 1.23. The summed E-state index contributed by atoms with van der Waals surface area (Å²) < 4.78 is 23.2. The van der Waals surface area contributed by atoms with Gasteiger partial charge in [-0.2, -0.15) is 0 Å². The van der Waals surface area contributed by atoms with Crippen LogP contribution in [-0.2, 0) is 15.6 Å². The fraction of sp³-hybridized carbons (Fsp3) is 0.300. The van der Waals surface area contributed by atoms with Crippen molar-refractivity contribution in [1.82, 2.24) is 0 Å². The van der Waals surface area contributed by atoms with Crippen molar-refractivity contribution in [2.24, 2.45) is 5.16 Å². The van der Waals surface area contributed by atoms with E-state index in [1.165, 1.54) is 6.92 Å². The molecule has 1 rings (SSSR count). The Balaban J connectivity index is 2.74. The molecule has 0 unspecified atom stereocenters. The lowest BCUT2D eigenvalue weighted by atomic mass is 10.2. The minimum atomic E-state index is -3.24. The summed E-state index contributed by atoms with van der Waals surface area (Å²) >= 11 is 0. The van der Waals surface area contributed by atoms with Crippen LogP contribution in [0.3, 0.4) is 0 Å². The van der Waals surface area contributed by atoms with E-state index < -0.39 is 9.84 Å². The van der Waals surface area contributed by atoms with Gasteiger partial charge >= 0.3 is 0 Å². The molecule has 1 N–H and O–H groups in total. The molecule has 0 aromatic heterocycles. The SMILES string of the molecule is CC(CS(=O)(=O)Cc1ccccc1)=NO. The number of sulfone groups is 1. The number of hydrogen-bond donors (Lipinski definition) is 1. The van der Waals surface area contributed by atoms with Crippen LogP contribution < -0.4 is 0 Å². The lowest BCUT2D eigenvalue weighted by molar-refractivity contribution is 0.318. The Morgan fingerprint density at radius 1 is 1.33 bits per heavy atom. The number of nitrogens with zero attached hydrogens (tertiary/aromatic N) is 1. The van der Waals surface area contributed by atoms with E-state index in [1.54, 1.807) is 24.3 Å². The molecule has 0 aliphatic carbocycles. The maximum absolute atomic E-state index is 11.6. The van der Waals surface area contributed by atoms with E-state index in [0.717, 1.165) is 5.56 Å². The van der Waals surface area contributed by atoms with Gasteiger partial charge in [0.05, 0.1) is 17.2 Å². The molecular formula is C10H13NO3S. The minimum absolute atomic E-state index is 0.0271. The van der Waals surface area contributed by atoms with Crippen LogP contribution in [0.1, 0.15) is 12.5 Å². The van der Waals surface area contributed by atoms with Crippen LogP contribution in [0.2, 0.25) is 0 Å². The van der Waals surface area contributed by atoms with Gasteiger partial charge in [-0.05, 0) is 12.5 Å². The maximum atomic E-state index is 11.6. The van der Waals surface area contributed by atoms with E-state index in [0.29, 0.717) is 0 Å². The highest BCUT2D eigenvalue weighted by Gasteiger charge is 2.13. The quantitative estimate of drug-likeness (QED) is 0.481. The van der Waals surface area contributed by atoms with Crippen LogP contribution >= 0.6 is 0 Å². The van der Waals surface area contributed by atoms with Crippen molar-refractivity contribution >= 4 is 15.5 Å². The summed E-state index contributed by atoms with van der Waals surface area (Å²) in [6.45, 7) is 1.47. The van der Waals surface area contributed by atoms with Gasteiger partial charge in [0, 0.05) is 0 Å². The summed E-state index contributed by atoms with van der Waals surface area (Å²) in [6.07, 6.45) is 0. The third-order valence-electron chi connectivity index (χ3n) is 1.83. The number of rotatable bonds is 4. The van der Waals surface area contributed by atoms with Crippen molar-refractivity contribution in [3.63, 3.8) is 0 Å². The Hall–Kier alpha value is -1.36. The van der Waals surface area contributed by atoms with Gasteiger partial charge in [-0.25, -0.2) is 8.42 Å². The van der Waals surface area contributed by atoms with E-state index >= 15 is 0 Å². The largest absolute Gasteiger partial charge is 0.411 e. The van der Waals surface area contributed by atoms with Crippen molar-refractivity contribution in [1.29, 1.82) is 0 Å². The minimum Gasteiger partial charge on any atom is -0.411 e. The molecule has 0 aliphatic heterocycles. The number of hydrogen-bond acceptors (Lipinski definition) is 4. The topological polar surface area (TPSA) is 66.7 Å². The highest BCUT2D eigenvalue weighted by Crippen LogP contribution is 2.06. The Labute approximate surface area is 89.2 Å². The monoisotopic (exact) mass is 227 g/mol. The summed E-state index contributed by atoms with van der Waals surface area (Å²) in [5.74, 6) is -0.237. The van der Waals surface area contributed by atoms with E-state index in [1.807, 2.05) is 6.07 Å². The predicted octanol–water partition coefficient (Wildman–Crippen LogP) is 1.45. The van der Waals surface area contributed by atoms with Crippen LogP contribution in [-0.4, -0.2) is 25.1 Å². The van der Waals surface area contributed by atoms with Gasteiger partial charge in [0.1, 0.15) is 0 Å². The lowest BCUT2D eigenvalue weighted by Gasteiger charge is -2.02. The average Bonchev–Trinajstić information content (AvgIpc) is 2.17. The molecule has 0 saturated carbocycles. The molecular weight excluding hydrogens is 214 g/mol. The Morgan fingerprint density at radius 3 is 2.47 bits per heavy atom. The highest BCUT2D eigenvalue weighted by molar-refractivity contribution is 7.91. The molecule has 0 fully saturated rings. The van der Waals surface area contributed by atoms with Gasteiger partial charge in [0.2, 0.25) is 0 Å². The van der Waals surface area contributed by atoms with Crippen molar-refractivity contribution in [2.75, 3.05) is 5.75 Å². The summed E-state index contributed by atoms with van der Waals surface area (Å²) in [5.41, 5.74) is 0.939. The second-order valence-corrected chi connectivity index (χ2v) is 5.42. The van der Waals surface area contributed by atoms with Gasteiger partial charge in [-0.1, -0.05) is 35.5 Å². The van der Waals surface area contributed by atoms with Gasteiger partial charge in [0.25, 0.3) is 0 Å². The van der Waals surface area contributed by atoms with Crippen LogP contribution in [0.15, 0.2) is 35.5 Å². The van der Waals surface area contributed by atoms with Crippen LogP contribution in [0.5, 0.6) is 0 Å². The number of benzene rings is 1. The molecule has 82 valence electrons. The van der Waals surface area contributed by atoms with Gasteiger partial charge in [-0.15, -0.1) is 0 Å². The molecule has 0 amide bonds. The first-order valence-electron chi connectivity index (χ1n) is 4.45. The molecule has 0 aliphatic rings. The smallest absolute Gasteiger partial charge is 0.159 e. The fourth-order valence-corrected chi connectivity index (χ4v) is 2.72. The molecule has 4 nitrogen and oxygen atoms in total. The molecule has 5 heteroatoms. The second-order valence-electron chi connectivity index (χ2n) is 3.35. The first-order chi connectivity index (χ1) is 7.03. The first-order valence-corrected chi connectivity index (χ1v) is 6.27. The zero-order chi connectivity index (χ0) is 11.3. The molecule has 0 atom stereocenters. The van der Waals surface area contributed by atoms with Gasteiger partial charge < -0.3 is 5.21 Å². The number of oxime groups is 1. The van der Waals surface area contributed by atoms with Crippen molar-refractivity contribution in [3.05, 3.63) is 35.9 Å². The maximum Gasteiger partial charge on any atom is 0.159 e. The molecule has 0 saturated heterocycles. The van der Waals surface area contributed by atoms with E-state index in [-0.39, 0.29) is 17.2 Å². The zero-order valence-electron chi connectivity index (χ0n) is 8.42. The molecule has 1 aromatic rings. The lowest BCUT2D eigenvalue weighted by Crippen LogP contribution is -2.15. The molecule has 0 spiro atoms. The third kappa shape index (κ3) is 4.12. The Morgan fingerprint density at radius 2 is 1.93 bits per heavy atom. The Kier molecular flexibility index (Phi) is 3.85. The summed E-state index contributed by atoms with van der Waals surface area (Å²) in [6, 6.07) is 8.91. The van der Waals surface area contributed by atoms with E-state index in [2.05, 4.69) is 5.16 Å². The molecule has 1 aromatic carbocycles. The Bertz CT molecular complexity index is 437. The van der Waals surface area contributed by atoms with Crippen molar-refractivity contribution in [3.8, 4) is 0 Å². The van der Waals surface area contributed by atoms with E-state index in [4.69, 9.17) is 5.21 Å². The first kappa shape index (κ1) is 11.7. The highest BCUT2D eigenvalue weighted by atomic mass is 32.2. The van der Waals surface area contributed by atoms with Gasteiger partial charge in [-0.3, -0.25) is 0 Å².